The molecule has 0 aromatic heterocycles. The van der Waals surface area contributed by atoms with Crippen molar-refractivity contribution in [3.8, 4) is 0 Å². The van der Waals surface area contributed by atoms with Crippen molar-refractivity contribution in [1.82, 2.24) is 0 Å². The summed E-state index contributed by atoms with van der Waals surface area (Å²) in [4.78, 5) is 11.6. The van der Waals surface area contributed by atoms with Crippen molar-refractivity contribution in [3.05, 3.63) is 29.8 Å². The summed E-state index contributed by atoms with van der Waals surface area (Å²) in [6, 6.07) is 7.69. The van der Waals surface area contributed by atoms with Gasteiger partial charge < -0.3 is 10.8 Å². The highest BCUT2D eigenvalue weighted by molar-refractivity contribution is 8.00. The van der Waals surface area contributed by atoms with Crippen molar-refractivity contribution in [2.75, 3.05) is 0 Å². The van der Waals surface area contributed by atoms with E-state index in [2.05, 4.69) is 0 Å². The second kappa shape index (κ2) is 5.19. The molecule has 3 nitrogen and oxygen atoms in total. The fraction of sp³-hybridized carbons (Fsp3) is 0.364. The zero-order valence-electron chi connectivity index (χ0n) is 8.81. The maximum atomic E-state index is 10.6. The first kappa shape index (κ1) is 12.1. The van der Waals surface area contributed by atoms with Crippen LogP contribution in [0.25, 0.3) is 0 Å². The van der Waals surface area contributed by atoms with Crippen LogP contribution in [0, 0.1) is 0 Å². The normalized spacial score (nSPS) is 14.6. The predicted octanol–water partition coefficient (Wildman–Crippen LogP) is 2.27. The predicted molar refractivity (Wildman–Crippen MR) is 62.0 cm³/mol. The Kier molecular flexibility index (Phi) is 4.17. The lowest BCUT2D eigenvalue weighted by Crippen LogP contribution is -2.11. The minimum atomic E-state index is -0.795. The lowest BCUT2D eigenvalue weighted by Gasteiger charge is -2.08. The second-order valence-electron chi connectivity index (χ2n) is 3.46. The number of nitrogens with two attached hydrogens (primary N) is 1. The number of aliphatic carboxylic acids is 1. The van der Waals surface area contributed by atoms with E-state index in [1.54, 1.807) is 6.92 Å². The van der Waals surface area contributed by atoms with Crippen LogP contribution in [0.1, 0.15) is 25.5 Å². The van der Waals surface area contributed by atoms with E-state index >= 15 is 0 Å². The van der Waals surface area contributed by atoms with Crippen LogP contribution in [-0.4, -0.2) is 16.3 Å². The zero-order chi connectivity index (χ0) is 11.4. The molecule has 0 bridgehead atoms. The Balaban J connectivity index is 2.68. The highest BCUT2D eigenvalue weighted by atomic mass is 32.2. The molecular weight excluding hydrogens is 210 g/mol. The van der Waals surface area contributed by atoms with Crippen molar-refractivity contribution < 1.29 is 9.90 Å². The molecule has 0 aliphatic heterocycles. The van der Waals surface area contributed by atoms with Crippen molar-refractivity contribution in [2.45, 2.75) is 30.0 Å². The minimum absolute atomic E-state index is 0.0148. The molecule has 0 radical (unpaired) electrons. The summed E-state index contributed by atoms with van der Waals surface area (Å²) < 4.78 is 0. The molecule has 2 atom stereocenters. The monoisotopic (exact) mass is 225 g/mol. The molecule has 82 valence electrons. The highest BCUT2D eigenvalue weighted by Gasteiger charge is 2.12. The van der Waals surface area contributed by atoms with Gasteiger partial charge in [0.15, 0.2) is 0 Å². The number of thioether (sulfide) groups is 1. The molecule has 1 aromatic carbocycles. The van der Waals surface area contributed by atoms with Crippen molar-refractivity contribution in [2.24, 2.45) is 5.73 Å². The number of carboxylic acid groups (broad SMARTS) is 1. The van der Waals surface area contributed by atoms with Crippen molar-refractivity contribution in [3.63, 3.8) is 0 Å². The van der Waals surface area contributed by atoms with Crippen LogP contribution in [0.2, 0.25) is 0 Å². The molecule has 0 heterocycles. The van der Waals surface area contributed by atoms with Crippen molar-refractivity contribution >= 4 is 17.7 Å². The second-order valence-corrected chi connectivity index (χ2v) is 4.87. The van der Waals surface area contributed by atoms with Gasteiger partial charge in [-0.1, -0.05) is 12.1 Å². The number of rotatable bonds is 4. The van der Waals surface area contributed by atoms with Crippen LogP contribution in [0.3, 0.4) is 0 Å². The Morgan fingerprint density at radius 2 is 1.87 bits per heavy atom. The van der Waals surface area contributed by atoms with E-state index < -0.39 is 11.2 Å². The summed E-state index contributed by atoms with van der Waals surface area (Å²) in [7, 11) is 0. The first-order chi connectivity index (χ1) is 7.00. The Hall–Kier alpha value is -1.00. The quantitative estimate of drug-likeness (QED) is 0.772. The van der Waals surface area contributed by atoms with Gasteiger partial charge in [0.05, 0.1) is 0 Å². The average molecular weight is 225 g/mol. The Labute approximate surface area is 93.7 Å². The summed E-state index contributed by atoms with van der Waals surface area (Å²) in [6.45, 7) is 3.59. The third-order valence-electron chi connectivity index (χ3n) is 2.07. The fourth-order valence-electron chi connectivity index (χ4n) is 1.10. The maximum Gasteiger partial charge on any atom is 0.316 e. The molecule has 1 aromatic rings. The van der Waals surface area contributed by atoms with E-state index in [1.807, 2.05) is 31.2 Å². The molecule has 0 saturated heterocycles. The van der Waals surface area contributed by atoms with Gasteiger partial charge in [0.2, 0.25) is 0 Å². The Morgan fingerprint density at radius 3 is 2.27 bits per heavy atom. The summed E-state index contributed by atoms with van der Waals surface area (Å²) in [6.07, 6.45) is 0. The molecule has 1 rings (SSSR count). The minimum Gasteiger partial charge on any atom is -0.480 e. The third kappa shape index (κ3) is 3.57. The van der Waals surface area contributed by atoms with Gasteiger partial charge >= 0.3 is 5.97 Å². The van der Waals surface area contributed by atoms with Crippen LogP contribution in [0.5, 0.6) is 0 Å². The zero-order valence-corrected chi connectivity index (χ0v) is 9.62. The van der Waals surface area contributed by atoms with Gasteiger partial charge in [-0.25, -0.2) is 0 Å². The molecule has 0 aliphatic rings. The van der Waals surface area contributed by atoms with Gasteiger partial charge in [-0.05, 0) is 31.5 Å². The number of hydrogen-bond donors (Lipinski definition) is 2. The SMILES string of the molecule is CC(Sc1ccc(C(C)N)cc1)C(=O)O. The van der Waals surface area contributed by atoms with Crippen LogP contribution < -0.4 is 5.73 Å². The van der Waals surface area contributed by atoms with E-state index in [0.717, 1.165) is 10.5 Å². The number of carbonyl (C=O) groups is 1. The molecular formula is C11H15NO2S. The van der Waals surface area contributed by atoms with Crippen LogP contribution in [0.4, 0.5) is 0 Å². The molecule has 3 N–H and O–H groups in total. The molecule has 0 amide bonds. The van der Waals surface area contributed by atoms with E-state index in [4.69, 9.17) is 10.8 Å². The van der Waals surface area contributed by atoms with Crippen LogP contribution >= 0.6 is 11.8 Å². The summed E-state index contributed by atoms with van der Waals surface area (Å²) in [5.41, 5.74) is 6.77. The molecule has 4 heteroatoms. The van der Waals surface area contributed by atoms with Crippen LogP contribution in [-0.2, 0) is 4.79 Å². The summed E-state index contributed by atoms with van der Waals surface area (Å²) in [5.74, 6) is -0.795. The lowest BCUT2D eigenvalue weighted by molar-refractivity contribution is -0.136. The largest absolute Gasteiger partial charge is 0.480 e. The number of hydrogen-bond acceptors (Lipinski definition) is 3. The molecule has 2 unspecified atom stereocenters. The summed E-state index contributed by atoms with van der Waals surface area (Å²) in [5, 5.41) is 8.32. The van der Waals surface area contributed by atoms with E-state index in [9.17, 15) is 4.79 Å². The Bertz CT molecular complexity index is 335. The molecule has 0 saturated carbocycles. The Morgan fingerprint density at radius 1 is 1.33 bits per heavy atom. The standard InChI is InChI=1S/C11H15NO2S/c1-7(12)9-3-5-10(6-4-9)15-8(2)11(13)14/h3-8H,12H2,1-2H3,(H,13,14). The van der Waals surface area contributed by atoms with Gasteiger partial charge in [0, 0.05) is 10.9 Å². The van der Waals surface area contributed by atoms with Gasteiger partial charge in [-0.3, -0.25) is 4.79 Å². The fourth-order valence-corrected chi connectivity index (χ4v) is 1.91. The number of benzene rings is 1. The summed E-state index contributed by atoms with van der Waals surface area (Å²) >= 11 is 1.33. The number of carboxylic acids is 1. The smallest absolute Gasteiger partial charge is 0.316 e. The first-order valence-corrected chi connectivity index (χ1v) is 5.63. The van der Waals surface area contributed by atoms with E-state index in [1.165, 1.54) is 11.8 Å². The van der Waals surface area contributed by atoms with Gasteiger partial charge in [0.1, 0.15) is 5.25 Å². The maximum absolute atomic E-state index is 10.6. The highest BCUT2D eigenvalue weighted by Crippen LogP contribution is 2.24. The van der Waals surface area contributed by atoms with Gasteiger partial charge in [-0.2, -0.15) is 0 Å². The third-order valence-corrected chi connectivity index (χ3v) is 3.17. The molecule has 0 spiro atoms. The molecule has 15 heavy (non-hydrogen) atoms. The lowest BCUT2D eigenvalue weighted by atomic mass is 10.1. The van der Waals surface area contributed by atoms with Gasteiger partial charge in [-0.15, -0.1) is 11.8 Å². The molecule has 0 fully saturated rings. The van der Waals surface area contributed by atoms with Crippen LogP contribution in [0.15, 0.2) is 29.2 Å². The first-order valence-electron chi connectivity index (χ1n) is 4.75. The van der Waals surface area contributed by atoms with E-state index in [0.29, 0.717) is 0 Å². The topological polar surface area (TPSA) is 63.3 Å². The van der Waals surface area contributed by atoms with Gasteiger partial charge in [0.25, 0.3) is 0 Å². The van der Waals surface area contributed by atoms with Crippen molar-refractivity contribution in [1.29, 1.82) is 0 Å². The average Bonchev–Trinajstić information content (AvgIpc) is 2.18. The molecule has 0 aliphatic carbocycles. The van der Waals surface area contributed by atoms with E-state index in [-0.39, 0.29) is 6.04 Å².